The standard InChI is InChI=1S/C18H18F2N2O2/c1-2-3-4-17(23)21-15-7-5-12(6-8-15)18(24)22-16-10-13(19)9-14(20)11-16/h5-11H,2-4H2,1H3,(H,21,23)(H,22,24). The Morgan fingerprint density at radius 2 is 1.54 bits per heavy atom. The molecule has 0 saturated carbocycles. The van der Waals surface area contributed by atoms with Crippen molar-refractivity contribution in [1.82, 2.24) is 0 Å². The Kier molecular flexibility index (Phi) is 6.01. The number of unbranched alkanes of at least 4 members (excludes halogenated alkanes) is 1. The van der Waals surface area contributed by atoms with Crippen LogP contribution in [0.3, 0.4) is 0 Å². The van der Waals surface area contributed by atoms with Crippen LogP contribution in [-0.4, -0.2) is 11.8 Å². The van der Waals surface area contributed by atoms with Crippen molar-refractivity contribution in [3.8, 4) is 0 Å². The number of carbonyl (C=O) groups is 2. The highest BCUT2D eigenvalue weighted by molar-refractivity contribution is 6.04. The molecule has 6 heteroatoms. The normalized spacial score (nSPS) is 10.3. The van der Waals surface area contributed by atoms with Crippen LogP contribution >= 0.6 is 0 Å². The quantitative estimate of drug-likeness (QED) is 0.826. The Labute approximate surface area is 138 Å². The van der Waals surface area contributed by atoms with Gasteiger partial charge in [-0.2, -0.15) is 0 Å². The molecule has 0 aromatic heterocycles. The number of anilines is 2. The fraction of sp³-hybridized carbons (Fsp3) is 0.222. The Hall–Kier alpha value is -2.76. The highest BCUT2D eigenvalue weighted by atomic mass is 19.1. The van der Waals surface area contributed by atoms with Gasteiger partial charge in [0.15, 0.2) is 0 Å². The zero-order valence-electron chi connectivity index (χ0n) is 13.2. The summed E-state index contributed by atoms with van der Waals surface area (Å²) in [6.07, 6.45) is 2.20. The molecule has 0 heterocycles. The molecule has 0 atom stereocenters. The number of halogens is 2. The molecule has 0 unspecified atom stereocenters. The summed E-state index contributed by atoms with van der Waals surface area (Å²) in [4.78, 5) is 23.7. The lowest BCUT2D eigenvalue weighted by Gasteiger charge is -2.08. The Morgan fingerprint density at radius 1 is 0.917 bits per heavy atom. The lowest BCUT2D eigenvalue weighted by Crippen LogP contribution is -2.13. The maximum Gasteiger partial charge on any atom is 0.255 e. The zero-order chi connectivity index (χ0) is 17.5. The Balaban J connectivity index is 1.99. The summed E-state index contributed by atoms with van der Waals surface area (Å²) >= 11 is 0. The molecule has 2 amide bonds. The summed E-state index contributed by atoms with van der Waals surface area (Å²) in [5.74, 6) is -2.11. The van der Waals surface area contributed by atoms with Crippen LogP contribution in [-0.2, 0) is 4.79 Å². The molecule has 0 spiro atoms. The van der Waals surface area contributed by atoms with E-state index in [0.29, 0.717) is 17.7 Å². The van der Waals surface area contributed by atoms with Crippen LogP contribution in [0.5, 0.6) is 0 Å². The van der Waals surface area contributed by atoms with Crippen molar-refractivity contribution in [3.63, 3.8) is 0 Å². The lowest BCUT2D eigenvalue weighted by molar-refractivity contribution is -0.116. The van der Waals surface area contributed by atoms with Crippen molar-refractivity contribution in [2.75, 3.05) is 10.6 Å². The van der Waals surface area contributed by atoms with Gasteiger partial charge in [0.05, 0.1) is 0 Å². The van der Waals surface area contributed by atoms with E-state index in [2.05, 4.69) is 10.6 Å². The zero-order valence-corrected chi connectivity index (χ0v) is 13.2. The molecule has 0 bridgehead atoms. The van der Waals surface area contributed by atoms with Crippen LogP contribution in [0.2, 0.25) is 0 Å². The predicted octanol–water partition coefficient (Wildman–Crippen LogP) is 4.35. The fourth-order valence-electron chi connectivity index (χ4n) is 2.10. The summed E-state index contributed by atoms with van der Waals surface area (Å²) in [7, 11) is 0. The number of rotatable bonds is 6. The van der Waals surface area contributed by atoms with Crippen molar-refractivity contribution in [2.24, 2.45) is 0 Å². The van der Waals surface area contributed by atoms with Gasteiger partial charge in [-0.05, 0) is 42.8 Å². The molecule has 0 fully saturated rings. The van der Waals surface area contributed by atoms with Gasteiger partial charge in [-0.25, -0.2) is 8.78 Å². The van der Waals surface area contributed by atoms with Gasteiger partial charge in [0.2, 0.25) is 5.91 Å². The number of hydrogen-bond acceptors (Lipinski definition) is 2. The van der Waals surface area contributed by atoms with Crippen molar-refractivity contribution in [2.45, 2.75) is 26.2 Å². The van der Waals surface area contributed by atoms with E-state index in [1.165, 1.54) is 12.1 Å². The van der Waals surface area contributed by atoms with Gasteiger partial charge < -0.3 is 10.6 Å². The fourth-order valence-corrected chi connectivity index (χ4v) is 2.10. The van der Waals surface area contributed by atoms with Gasteiger partial charge in [0, 0.05) is 29.4 Å². The molecular weight excluding hydrogens is 314 g/mol. The van der Waals surface area contributed by atoms with Crippen LogP contribution in [0, 0.1) is 11.6 Å². The van der Waals surface area contributed by atoms with E-state index >= 15 is 0 Å². The van der Waals surface area contributed by atoms with Crippen molar-refractivity contribution < 1.29 is 18.4 Å². The summed E-state index contributed by atoms with van der Waals surface area (Å²) in [5.41, 5.74) is 0.935. The summed E-state index contributed by atoms with van der Waals surface area (Å²) in [5, 5.41) is 5.16. The predicted molar refractivity (Wildman–Crippen MR) is 88.9 cm³/mol. The monoisotopic (exact) mass is 332 g/mol. The second-order valence-corrected chi connectivity index (χ2v) is 5.34. The van der Waals surface area contributed by atoms with Gasteiger partial charge in [0.25, 0.3) is 5.91 Å². The molecule has 126 valence electrons. The third-order valence-corrected chi connectivity index (χ3v) is 3.31. The topological polar surface area (TPSA) is 58.2 Å². The maximum atomic E-state index is 13.1. The van der Waals surface area contributed by atoms with Gasteiger partial charge >= 0.3 is 0 Å². The minimum absolute atomic E-state index is 0.0365. The minimum Gasteiger partial charge on any atom is -0.326 e. The SMILES string of the molecule is CCCCC(=O)Nc1ccc(C(=O)Nc2cc(F)cc(F)c2)cc1. The molecule has 0 aliphatic rings. The Bertz CT molecular complexity index is 710. The van der Waals surface area contributed by atoms with Crippen molar-refractivity contribution in [1.29, 1.82) is 0 Å². The molecule has 4 nitrogen and oxygen atoms in total. The number of amides is 2. The van der Waals surface area contributed by atoms with Crippen LogP contribution in [0.15, 0.2) is 42.5 Å². The summed E-state index contributed by atoms with van der Waals surface area (Å²) in [6, 6.07) is 9.05. The number of carbonyl (C=O) groups excluding carboxylic acids is 2. The molecule has 0 aliphatic heterocycles. The van der Waals surface area contributed by atoms with E-state index in [-0.39, 0.29) is 11.6 Å². The van der Waals surface area contributed by atoms with Gasteiger partial charge in [-0.15, -0.1) is 0 Å². The van der Waals surface area contributed by atoms with Crippen molar-refractivity contribution in [3.05, 3.63) is 59.7 Å². The maximum absolute atomic E-state index is 13.1. The summed E-state index contributed by atoms with van der Waals surface area (Å²) < 4.78 is 26.2. The highest BCUT2D eigenvalue weighted by Crippen LogP contribution is 2.16. The molecule has 0 saturated heterocycles. The number of hydrogen-bond donors (Lipinski definition) is 2. The molecule has 2 aromatic rings. The first kappa shape index (κ1) is 17.6. The van der Waals surface area contributed by atoms with Crippen LogP contribution in [0.4, 0.5) is 20.2 Å². The second kappa shape index (κ2) is 8.19. The molecule has 0 radical (unpaired) electrons. The molecule has 2 N–H and O–H groups in total. The van der Waals surface area contributed by atoms with Gasteiger partial charge in [-0.3, -0.25) is 9.59 Å². The summed E-state index contributed by atoms with van der Waals surface area (Å²) in [6.45, 7) is 2.01. The molecule has 2 aromatic carbocycles. The highest BCUT2D eigenvalue weighted by Gasteiger charge is 2.09. The molecule has 0 aliphatic carbocycles. The Morgan fingerprint density at radius 3 is 2.12 bits per heavy atom. The van der Waals surface area contributed by atoms with Crippen LogP contribution in [0.25, 0.3) is 0 Å². The molecule has 24 heavy (non-hydrogen) atoms. The molecule has 2 rings (SSSR count). The smallest absolute Gasteiger partial charge is 0.255 e. The third-order valence-electron chi connectivity index (χ3n) is 3.31. The largest absolute Gasteiger partial charge is 0.326 e. The van der Waals surface area contributed by atoms with E-state index < -0.39 is 17.5 Å². The van der Waals surface area contributed by atoms with E-state index in [0.717, 1.165) is 31.0 Å². The van der Waals surface area contributed by atoms with E-state index in [1.807, 2.05) is 6.92 Å². The third kappa shape index (κ3) is 5.15. The average Bonchev–Trinajstić information content (AvgIpc) is 2.52. The van der Waals surface area contributed by atoms with E-state index in [1.54, 1.807) is 12.1 Å². The minimum atomic E-state index is -0.768. The number of benzene rings is 2. The van der Waals surface area contributed by atoms with E-state index in [9.17, 15) is 18.4 Å². The number of nitrogens with one attached hydrogen (secondary N) is 2. The first-order valence-electron chi connectivity index (χ1n) is 7.65. The van der Waals surface area contributed by atoms with Gasteiger partial charge in [0.1, 0.15) is 11.6 Å². The lowest BCUT2D eigenvalue weighted by atomic mass is 10.1. The van der Waals surface area contributed by atoms with Gasteiger partial charge in [-0.1, -0.05) is 13.3 Å². The average molecular weight is 332 g/mol. The first-order chi connectivity index (χ1) is 11.5. The molecular formula is C18H18F2N2O2. The van der Waals surface area contributed by atoms with Crippen LogP contribution in [0.1, 0.15) is 36.5 Å². The van der Waals surface area contributed by atoms with Crippen LogP contribution < -0.4 is 10.6 Å². The van der Waals surface area contributed by atoms with Crippen molar-refractivity contribution >= 4 is 23.2 Å². The van der Waals surface area contributed by atoms with E-state index in [4.69, 9.17) is 0 Å². The first-order valence-corrected chi connectivity index (χ1v) is 7.65. The second-order valence-electron chi connectivity index (χ2n) is 5.34.